The fourth-order valence-corrected chi connectivity index (χ4v) is 3.32. The standard InChI is InChI=1S/C24H23N/c1-5-11-19-15-16-20(17-18(19)7-3)25-23(8-4)21(12-6-2)22-13-9-10-14-24(22)25/h5-17H,3-4H2,1-2H3/b11-5-,12-6-. The Kier molecular flexibility index (Phi) is 4.85. The van der Waals surface area contributed by atoms with E-state index in [4.69, 9.17) is 0 Å². The van der Waals surface area contributed by atoms with Crippen LogP contribution in [0.1, 0.15) is 36.2 Å². The van der Waals surface area contributed by atoms with Crippen LogP contribution in [0.2, 0.25) is 0 Å². The summed E-state index contributed by atoms with van der Waals surface area (Å²) in [6, 6.07) is 15.0. The molecular weight excluding hydrogens is 302 g/mol. The summed E-state index contributed by atoms with van der Waals surface area (Å²) < 4.78 is 2.27. The molecule has 0 aliphatic carbocycles. The number of nitrogens with zero attached hydrogens (tertiary/aromatic N) is 1. The smallest absolute Gasteiger partial charge is 0.0541 e. The first-order chi connectivity index (χ1) is 12.2. The molecule has 0 aliphatic rings. The zero-order valence-electron chi connectivity index (χ0n) is 14.9. The van der Waals surface area contributed by atoms with E-state index in [-0.39, 0.29) is 0 Å². The van der Waals surface area contributed by atoms with Crippen molar-refractivity contribution >= 4 is 35.2 Å². The Labute approximate surface area is 149 Å². The number of fused-ring (bicyclic) bond motifs is 1. The average Bonchev–Trinajstić information content (AvgIpc) is 2.96. The van der Waals surface area contributed by atoms with Gasteiger partial charge in [-0.15, -0.1) is 0 Å². The summed E-state index contributed by atoms with van der Waals surface area (Å²) in [7, 11) is 0. The molecule has 124 valence electrons. The summed E-state index contributed by atoms with van der Waals surface area (Å²) in [6.07, 6.45) is 12.2. The van der Waals surface area contributed by atoms with Crippen LogP contribution in [0, 0.1) is 0 Å². The lowest BCUT2D eigenvalue weighted by molar-refractivity contribution is 1.10. The van der Waals surface area contributed by atoms with Crippen LogP contribution in [-0.4, -0.2) is 4.57 Å². The van der Waals surface area contributed by atoms with Gasteiger partial charge in [0.1, 0.15) is 0 Å². The average molecular weight is 325 g/mol. The molecule has 0 saturated heterocycles. The minimum absolute atomic E-state index is 1.10. The summed E-state index contributed by atoms with van der Waals surface area (Å²) in [4.78, 5) is 0. The van der Waals surface area contributed by atoms with E-state index in [9.17, 15) is 0 Å². The summed E-state index contributed by atoms with van der Waals surface area (Å²) in [5.74, 6) is 0. The van der Waals surface area contributed by atoms with E-state index in [1.165, 1.54) is 22.0 Å². The van der Waals surface area contributed by atoms with Crippen LogP contribution in [0.15, 0.2) is 67.8 Å². The molecule has 0 aliphatic heterocycles. The monoisotopic (exact) mass is 325 g/mol. The largest absolute Gasteiger partial charge is 0.309 e. The molecule has 1 heteroatoms. The van der Waals surface area contributed by atoms with E-state index >= 15 is 0 Å². The molecule has 25 heavy (non-hydrogen) atoms. The van der Waals surface area contributed by atoms with Gasteiger partial charge < -0.3 is 4.57 Å². The lowest BCUT2D eigenvalue weighted by Gasteiger charge is -2.12. The Morgan fingerprint density at radius 3 is 2.28 bits per heavy atom. The van der Waals surface area contributed by atoms with Gasteiger partial charge in [-0.2, -0.15) is 0 Å². The molecule has 0 radical (unpaired) electrons. The number of benzene rings is 2. The van der Waals surface area contributed by atoms with Crippen molar-refractivity contribution in [2.24, 2.45) is 0 Å². The second-order valence-corrected chi connectivity index (χ2v) is 5.87. The van der Waals surface area contributed by atoms with E-state index in [2.05, 4.69) is 78.4 Å². The maximum absolute atomic E-state index is 4.06. The van der Waals surface area contributed by atoms with E-state index < -0.39 is 0 Å². The van der Waals surface area contributed by atoms with Crippen LogP contribution < -0.4 is 0 Å². The summed E-state index contributed by atoms with van der Waals surface area (Å²) in [5, 5.41) is 1.23. The fourth-order valence-electron chi connectivity index (χ4n) is 3.32. The molecule has 0 atom stereocenters. The first-order valence-electron chi connectivity index (χ1n) is 8.53. The Balaban J connectivity index is 2.36. The lowest BCUT2D eigenvalue weighted by Crippen LogP contribution is -1.98. The Morgan fingerprint density at radius 2 is 1.60 bits per heavy atom. The highest BCUT2D eigenvalue weighted by Crippen LogP contribution is 2.32. The number of allylic oxidation sites excluding steroid dienone is 2. The highest BCUT2D eigenvalue weighted by atomic mass is 15.0. The van der Waals surface area contributed by atoms with Gasteiger partial charge in [0.15, 0.2) is 0 Å². The zero-order valence-corrected chi connectivity index (χ0v) is 14.9. The van der Waals surface area contributed by atoms with Gasteiger partial charge in [0.05, 0.1) is 11.2 Å². The van der Waals surface area contributed by atoms with Crippen molar-refractivity contribution in [3.05, 3.63) is 90.2 Å². The fraction of sp³-hybridized carbons (Fsp3) is 0.0833. The van der Waals surface area contributed by atoms with Gasteiger partial charge in [-0.25, -0.2) is 0 Å². The summed E-state index contributed by atoms with van der Waals surface area (Å²) in [6.45, 7) is 12.1. The van der Waals surface area contributed by atoms with Gasteiger partial charge in [-0.05, 0) is 49.2 Å². The van der Waals surface area contributed by atoms with Crippen LogP contribution in [0.5, 0.6) is 0 Å². The van der Waals surface area contributed by atoms with Crippen molar-refractivity contribution < 1.29 is 0 Å². The molecule has 0 amide bonds. The maximum atomic E-state index is 4.06. The topological polar surface area (TPSA) is 4.93 Å². The van der Waals surface area contributed by atoms with Crippen LogP contribution in [0.4, 0.5) is 0 Å². The van der Waals surface area contributed by atoms with E-state index in [0.717, 1.165) is 16.9 Å². The molecule has 3 aromatic rings. The highest BCUT2D eigenvalue weighted by molar-refractivity contribution is 5.95. The molecule has 0 fully saturated rings. The van der Waals surface area contributed by atoms with Crippen molar-refractivity contribution in [3.63, 3.8) is 0 Å². The van der Waals surface area contributed by atoms with Crippen LogP contribution >= 0.6 is 0 Å². The van der Waals surface area contributed by atoms with Gasteiger partial charge in [0, 0.05) is 16.6 Å². The summed E-state index contributed by atoms with van der Waals surface area (Å²) >= 11 is 0. The minimum Gasteiger partial charge on any atom is -0.309 e. The molecule has 0 spiro atoms. The van der Waals surface area contributed by atoms with Gasteiger partial charge in [0.25, 0.3) is 0 Å². The maximum Gasteiger partial charge on any atom is 0.0541 e. The second kappa shape index (κ2) is 7.23. The molecule has 1 heterocycles. The molecule has 0 bridgehead atoms. The first kappa shape index (κ1) is 16.8. The molecule has 2 aromatic carbocycles. The van der Waals surface area contributed by atoms with E-state index in [1.807, 2.05) is 32.1 Å². The predicted octanol–water partition coefficient (Wildman–Crippen LogP) is 6.98. The zero-order chi connectivity index (χ0) is 17.8. The molecule has 0 unspecified atom stereocenters. The quantitative estimate of drug-likeness (QED) is 0.476. The van der Waals surface area contributed by atoms with Crippen LogP contribution in [0.3, 0.4) is 0 Å². The van der Waals surface area contributed by atoms with Crippen molar-refractivity contribution in [2.45, 2.75) is 13.8 Å². The molecular formula is C24H23N. The van der Waals surface area contributed by atoms with Gasteiger partial charge in [-0.3, -0.25) is 0 Å². The van der Waals surface area contributed by atoms with Crippen molar-refractivity contribution in [2.75, 3.05) is 0 Å². The van der Waals surface area contributed by atoms with Gasteiger partial charge >= 0.3 is 0 Å². The molecule has 0 saturated carbocycles. The molecule has 1 nitrogen and oxygen atoms in total. The predicted molar refractivity (Wildman–Crippen MR) is 113 cm³/mol. The minimum atomic E-state index is 1.10. The van der Waals surface area contributed by atoms with E-state index in [0.29, 0.717) is 0 Å². The second-order valence-electron chi connectivity index (χ2n) is 5.87. The SMILES string of the molecule is C=Cc1cc(-n2c(C=C)c(/C=C\C)c3ccccc32)ccc1/C=C\C. The van der Waals surface area contributed by atoms with Gasteiger partial charge in [0.2, 0.25) is 0 Å². The van der Waals surface area contributed by atoms with Crippen LogP contribution in [-0.2, 0) is 0 Å². The van der Waals surface area contributed by atoms with Crippen LogP contribution in [0.25, 0.3) is 40.9 Å². The first-order valence-corrected chi connectivity index (χ1v) is 8.53. The van der Waals surface area contributed by atoms with Crippen molar-refractivity contribution in [1.29, 1.82) is 0 Å². The molecule has 1 aromatic heterocycles. The Hall–Kier alpha value is -3.06. The third kappa shape index (κ3) is 2.89. The summed E-state index contributed by atoms with van der Waals surface area (Å²) in [5.41, 5.74) is 6.89. The highest BCUT2D eigenvalue weighted by Gasteiger charge is 2.14. The molecule has 3 rings (SSSR count). The number of para-hydroxylation sites is 1. The number of hydrogen-bond acceptors (Lipinski definition) is 0. The third-order valence-corrected chi connectivity index (χ3v) is 4.37. The Morgan fingerprint density at radius 1 is 0.840 bits per heavy atom. The Bertz CT molecular complexity index is 996. The normalized spacial score (nSPS) is 11.6. The van der Waals surface area contributed by atoms with Gasteiger partial charge in [-0.1, -0.05) is 67.8 Å². The number of rotatable bonds is 5. The van der Waals surface area contributed by atoms with E-state index in [1.54, 1.807) is 0 Å². The molecule has 0 N–H and O–H groups in total. The van der Waals surface area contributed by atoms with Crippen molar-refractivity contribution in [1.82, 2.24) is 4.57 Å². The number of hydrogen-bond donors (Lipinski definition) is 0. The number of aromatic nitrogens is 1. The van der Waals surface area contributed by atoms with Crippen molar-refractivity contribution in [3.8, 4) is 5.69 Å². The third-order valence-electron chi connectivity index (χ3n) is 4.37. The lowest BCUT2D eigenvalue weighted by atomic mass is 10.1.